The lowest BCUT2D eigenvalue weighted by atomic mass is 10.1. The normalized spacial score (nSPS) is 12.0. The molecule has 0 aliphatic carbocycles. The van der Waals surface area contributed by atoms with Crippen molar-refractivity contribution in [1.82, 2.24) is 19.7 Å². The smallest absolute Gasteiger partial charge is 0.282 e. The number of H-pyrrole nitrogens is 1. The van der Waals surface area contributed by atoms with E-state index in [1.165, 1.54) is 16.0 Å². The van der Waals surface area contributed by atoms with Gasteiger partial charge in [-0.2, -0.15) is 4.68 Å². The van der Waals surface area contributed by atoms with Gasteiger partial charge in [-0.25, -0.2) is 4.98 Å². The molecule has 1 N–H and O–H groups in total. The number of fused-ring (bicyclic) bond motifs is 1. The summed E-state index contributed by atoms with van der Waals surface area (Å²) in [5.74, 6) is 0. The molecule has 0 saturated carbocycles. The first-order valence-corrected chi connectivity index (χ1v) is 9.64. The third-order valence-electron chi connectivity index (χ3n) is 4.24. The summed E-state index contributed by atoms with van der Waals surface area (Å²) in [6, 6.07) is 11.6. The lowest BCUT2D eigenvalue weighted by Gasteiger charge is -2.00. The Morgan fingerprint density at radius 2 is 2.11 bits per heavy atom. The second kappa shape index (κ2) is 7.28. The Morgan fingerprint density at radius 3 is 2.85 bits per heavy atom. The number of para-hydroxylation sites is 1. The first-order valence-electron chi connectivity index (χ1n) is 8.83. The molecule has 1 aromatic carbocycles. The fourth-order valence-corrected chi connectivity index (χ4v) is 3.97. The topological polar surface area (TPSA) is 75.9 Å². The van der Waals surface area contributed by atoms with Crippen LogP contribution < -0.4 is 5.56 Å². The van der Waals surface area contributed by atoms with Crippen molar-refractivity contribution < 1.29 is 0 Å². The molecule has 0 amide bonds. The molecule has 0 aliphatic rings. The molecule has 6 nitrogen and oxygen atoms in total. The highest BCUT2D eigenvalue weighted by Crippen LogP contribution is 2.24. The molecule has 3 aromatic heterocycles. The molecule has 3 heterocycles. The van der Waals surface area contributed by atoms with Crippen LogP contribution in [-0.4, -0.2) is 25.5 Å². The van der Waals surface area contributed by atoms with Crippen LogP contribution in [0.2, 0.25) is 0 Å². The first-order chi connectivity index (χ1) is 13.2. The third kappa shape index (κ3) is 3.33. The van der Waals surface area contributed by atoms with Crippen molar-refractivity contribution in [3.8, 4) is 5.13 Å². The number of benzene rings is 1. The number of aliphatic imine (C=N–C) groups is 1. The summed E-state index contributed by atoms with van der Waals surface area (Å²) in [5, 5.41) is 3.89. The molecule has 0 unspecified atom stereocenters. The molecular formula is C20H19N5OS. The van der Waals surface area contributed by atoms with Gasteiger partial charge in [-0.15, -0.1) is 0 Å². The molecule has 0 radical (unpaired) electrons. The fourth-order valence-electron chi connectivity index (χ4n) is 3.05. The van der Waals surface area contributed by atoms with Crippen molar-refractivity contribution in [3.63, 3.8) is 0 Å². The Bertz CT molecular complexity index is 1140. The van der Waals surface area contributed by atoms with Gasteiger partial charge in [-0.1, -0.05) is 36.8 Å². The molecule has 0 saturated heterocycles. The maximum Gasteiger partial charge on any atom is 0.282 e. The summed E-state index contributed by atoms with van der Waals surface area (Å²) in [6.07, 6.45) is 5.07. The van der Waals surface area contributed by atoms with Crippen molar-refractivity contribution in [1.29, 1.82) is 0 Å². The van der Waals surface area contributed by atoms with Crippen LogP contribution in [0.4, 0.5) is 5.69 Å². The van der Waals surface area contributed by atoms with Crippen LogP contribution in [0.25, 0.3) is 15.3 Å². The Kier molecular flexibility index (Phi) is 4.68. The highest BCUT2D eigenvalue weighted by atomic mass is 32.1. The Morgan fingerprint density at radius 1 is 1.26 bits per heavy atom. The van der Waals surface area contributed by atoms with E-state index in [-0.39, 0.29) is 5.56 Å². The molecule has 7 heteroatoms. The Labute approximate surface area is 160 Å². The maximum atomic E-state index is 13.2. The second-order valence-electron chi connectivity index (χ2n) is 6.23. The first kappa shape index (κ1) is 17.4. The quantitative estimate of drug-likeness (QED) is 0.528. The molecule has 0 spiro atoms. The highest BCUT2D eigenvalue weighted by Gasteiger charge is 2.19. The number of hydrogen-bond donors (Lipinski definition) is 1. The number of rotatable bonds is 5. The van der Waals surface area contributed by atoms with Gasteiger partial charge in [-0.3, -0.25) is 19.9 Å². The summed E-state index contributed by atoms with van der Waals surface area (Å²) < 4.78 is 2.58. The summed E-state index contributed by atoms with van der Waals surface area (Å²) >= 11 is 1.49. The minimum Gasteiger partial charge on any atom is -0.292 e. The predicted molar refractivity (Wildman–Crippen MR) is 110 cm³/mol. The van der Waals surface area contributed by atoms with Crippen LogP contribution in [0.5, 0.6) is 0 Å². The van der Waals surface area contributed by atoms with Gasteiger partial charge in [0.2, 0.25) is 5.13 Å². The summed E-state index contributed by atoms with van der Waals surface area (Å²) in [5.41, 5.74) is 3.66. The maximum absolute atomic E-state index is 13.2. The number of aromatic nitrogens is 4. The number of aromatic amines is 1. The van der Waals surface area contributed by atoms with E-state index < -0.39 is 0 Å². The second-order valence-corrected chi connectivity index (χ2v) is 7.24. The molecule has 0 atom stereocenters. The van der Waals surface area contributed by atoms with E-state index >= 15 is 0 Å². The van der Waals surface area contributed by atoms with Crippen molar-refractivity contribution in [2.45, 2.75) is 26.7 Å². The lowest BCUT2D eigenvalue weighted by molar-refractivity contribution is 0.790. The summed E-state index contributed by atoms with van der Waals surface area (Å²) in [4.78, 5) is 26.4. The van der Waals surface area contributed by atoms with E-state index in [1.807, 2.05) is 43.3 Å². The van der Waals surface area contributed by atoms with Crippen LogP contribution in [0.15, 0.2) is 58.6 Å². The van der Waals surface area contributed by atoms with E-state index in [4.69, 9.17) is 0 Å². The van der Waals surface area contributed by atoms with Crippen LogP contribution in [0, 0.1) is 0 Å². The Hall–Kier alpha value is -3.06. The monoisotopic (exact) mass is 377 g/mol. The zero-order valence-corrected chi connectivity index (χ0v) is 16.0. The van der Waals surface area contributed by atoms with Crippen LogP contribution in [0.1, 0.15) is 31.5 Å². The van der Waals surface area contributed by atoms with Gasteiger partial charge in [0.15, 0.2) is 0 Å². The van der Waals surface area contributed by atoms with Gasteiger partial charge >= 0.3 is 0 Å². The summed E-state index contributed by atoms with van der Waals surface area (Å²) in [6.45, 7) is 3.95. The van der Waals surface area contributed by atoms with E-state index in [0.29, 0.717) is 16.4 Å². The number of aryl methyl sites for hydroxylation is 1. The molecule has 27 heavy (non-hydrogen) atoms. The van der Waals surface area contributed by atoms with Crippen LogP contribution in [-0.2, 0) is 6.42 Å². The number of pyridine rings is 1. The Balaban J connectivity index is 1.84. The molecule has 4 rings (SSSR count). The molecule has 0 fully saturated rings. The summed E-state index contributed by atoms with van der Waals surface area (Å²) in [7, 11) is 0. The standard InChI is InChI=1S/C20H19N5OS/c1-3-7-16-18(13(2)22-14-8-6-11-21-12-14)19(26)25(24-16)20-23-15-9-4-5-10-17(15)27-20/h4-6,8-12,24H,3,7H2,1-2H3. The van der Waals surface area contributed by atoms with Gasteiger partial charge in [0.05, 0.1) is 33.4 Å². The largest absolute Gasteiger partial charge is 0.292 e. The molecule has 136 valence electrons. The van der Waals surface area contributed by atoms with Crippen LogP contribution in [0.3, 0.4) is 0 Å². The van der Waals surface area contributed by atoms with Crippen molar-refractivity contribution in [2.24, 2.45) is 4.99 Å². The van der Waals surface area contributed by atoms with E-state index in [2.05, 4.69) is 27.0 Å². The molecule has 0 aliphatic heterocycles. The van der Waals surface area contributed by atoms with Crippen molar-refractivity contribution in [2.75, 3.05) is 0 Å². The zero-order chi connectivity index (χ0) is 18.8. The van der Waals surface area contributed by atoms with E-state index in [9.17, 15) is 4.79 Å². The number of nitrogens with one attached hydrogen (secondary N) is 1. The number of hydrogen-bond acceptors (Lipinski definition) is 5. The third-order valence-corrected chi connectivity index (χ3v) is 5.27. The van der Waals surface area contributed by atoms with Crippen molar-refractivity contribution >= 4 is 33.0 Å². The van der Waals surface area contributed by atoms with Gasteiger partial charge < -0.3 is 0 Å². The minimum absolute atomic E-state index is 0.123. The highest BCUT2D eigenvalue weighted by molar-refractivity contribution is 7.20. The SMILES string of the molecule is CCCc1[nH]n(-c2nc3ccccc3s2)c(=O)c1C(C)=Nc1cccnc1. The predicted octanol–water partition coefficient (Wildman–Crippen LogP) is 4.26. The average Bonchev–Trinajstić information content (AvgIpc) is 3.23. The molecule has 4 aromatic rings. The van der Waals surface area contributed by atoms with Gasteiger partial charge in [-0.05, 0) is 37.6 Å². The van der Waals surface area contributed by atoms with Gasteiger partial charge in [0.1, 0.15) is 0 Å². The average molecular weight is 377 g/mol. The zero-order valence-electron chi connectivity index (χ0n) is 15.1. The lowest BCUT2D eigenvalue weighted by Crippen LogP contribution is -2.19. The molecule has 0 bridgehead atoms. The number of nitrogens with zero attached hydrogens (tertiary/aromatic N) is 4. The van der Waals surface area contributed by atoms with Crippen LogP contribution >= 0.6 is 11.3 Å². The molecular weight excluding hydrogens is 358 g/mol. The number of thiazole rings is 1. The van der Waals surface area contributed by atoms with E-state index in [0.717, 1.165) is 34.4 Å². The van der Waals surface area contributed by atoms with Crippen molar-refractivity contribution in [3.05, 3.63) is 70.4 Å². The van der Waals surface area contributed by atoms with Gasteiger partial charge in [0, 0.05) is 11.9 Å². The van der Waals surface area contributed by atoms with Gasteiger partial charge in [0.25, 0.3) is 5.56 Å². The minimum atomic E-state index is -0.123. The fraction of sp³-hybridized carbons (Fsp3) is 0.200. The van der Waals surface area contributed by atoms with E-state index in [1.54, 1.807) is 12.4 Å².